The number of aliphatic carboxylic acids is 2. The van der Waals surface area contributed by atoms with Crippen molar-refractivity contribution in [1.82, 2.24) is 4.90 Å². The first-order valence-electron chi connectivity index (χ1n) is 6.70. The largest absolute Gasteiger partial charge is 0.473 e. The van der Waals surface area contributed by atoms with Gasteiger partial charge in [0.2, 0.25) is 0 Å². The van der Waals surface area contributed by atoms with Crippen LogP contribution in [0.4, 0.5) is 0 Å². The molecule has 0 heterocycles. The summed E-state index contributed by atoms with van der Waals surface area (Å²) in [4.78, 5) is 41.3. The highest BCUT2D eigenvalue weighted by Crippen LogP contribution is 2.10. The average Bonchev–Trinajstić information content (AvgIpc) is 2.38. The number of carbonyl (C=O) groups excluding carboxylic acids is 1. The summed E-state index contributed by atoms with van der Waals surface area (Å²) >= 11 is 0. The zero-order chi connectivity index (χ0) is 16.8. The Balaban J connectivity index is 0. The molecule has 0 amide bonds. The lowest BCUT2D eigenvalue weighted by Crippen LogP contribution is -2.29. The summed E-state index contributed by atoms with van der Waals surface area (Å²) in [5.74, 6) is -3.98. The maximum Gasteiger partial charge on any atom is 0.414 e. The molecule has 0 aromatic carbocycles. The Morgan fingerprint density at radius 3 is 1.90 bits per heavy atom. The lowest BCUT2D eigenvalue weighted by Gasteiger charge is -2.18. The number of carbonyl (C=O) groups is 3. The summed E-state index contributed by atoms with van der Waals surface area (Å²) in [7, 11) is 3.89. The highest BCUT2D eigenvalue weighted by molar-refractivity contribution is 6.27. The molecule has 8 nitrogen and oxygen atoms in total. The van der Waals surface area contributed by atoms with Crippen molar-refractivity contribution < 1.29 is 34.4 Å². The van der Waals surface area contributed by atoms with Gasteiger partial charge in [-0.15, -0.1) is 0 Å². The first-order chi connectivity index (χ1) is 9.76. The van der Waals surface area contributed by atoms with Crippen LogP contribution in [0.2, 0.25) is 0 Å². The van der Waals surface area contributed by atoms with Gasteiger partial charge in [-0.2, -0.15) is 4.89 Å². The minimum Gasteiger partial charge on any atom is -0.473 e. The molecule has 0 radical (unpaired) electrons. The van der Waals surface area contributed by atoms with E-state index >= 15 is 0 Å². The highest BCUT2D eigenvalue weighted by atomic mass is 17.2. The van der Waals surface area contributed by atoms with Crippen LogP contribution in [0.15, 0.2) is 0 Å². The molecule has 0 saturated heterocycles. The Hall–Kier alpha value is -1.67. The van der Waals surface area contributed by atoms with E-state index in [1.807, 2.05) is 25.9 Å². The molecule has 0 aliphatic rings. The molecular weight excluding hydrogens is 282 g/mol. The molecule has 0 fully saturated rings. The molecule has 0 aliphatic heterocycles. The van der Waals surface area contributed by atoms with Crippen molar-refractivity contribution in [2.75, 3.05) is 27.2 Å². The fourth-order valence-electron chi connectivity index (χ4n) is 1.32. The van der Waals surface area contributed by atoms with E-state index in [2.05, 4.69) is 6.92 Å². The second kappa shape index (κ2) is 13.3. The van der Waals surface area contributed by atoms with Crippen LogP contribution in [0.5, 0.6) is 0 Å². The molecule has 0 spiro atoms. The van der Waals surface area contributed by atoms with Crippen molar-refractivity contribution >= 4 is 17.9 Å². The average molecular weight is 307 g/mol. The SMILES string of the molecule is CCCOOC(=O)C(CCC)CN(C)C.O=C(O)C(=O)O. The Bertz CT molecular complexity index is 306. The summed E-state index contributed by atoms with van der Waals surface area (Å²) in [5.41, 5.74) is 0. The van der Waals surface area contributed by atoms with Gasteiger partial charge in [-0.05, 0) is 26.9 Å². The van der Waals surface area contributed by atoms with Crippen molar-refractivity contribution in [3.8, 4) is 0 Å². The van der Waals surface area contributed by atoms with Gasteiger partial charge in [0, 0.05) is 6.54 Å². The van der Waals surface area contributed by atoms with E-state index in [4.69, 9.17) is 29.6 Å². The lowest BCUT2D eigenvalue weighted by molar-refractivity contribution is -0.276. The second-order valence-corrected chi connectivity index (χ2v) is 4.58. The van der Waals surface area contributed by atoms with Crippen LogP contribution in [-0.2, 0) is 24.2 Å². The van der Waals surface area contributed by atoms with E-state index < -0.39 is 11.9 Å². The molecule has 0 bridgehead atoms. The van der Waals surface area contributed by atoms with Crippen LogP contribution >= 0.6 is 0 Å². The Morgan fingerprint density at radius 1 is 1.05 bits per heavy atom. The van der Waals surface area contributed by atoms with Gasteiger partial charge < -0.3 is 15.1 Å². The molecule has 0 saturated carbocycles. The topological polar surface area (TPSA) is 113 Å². The van der Waals surface area contributed by atoms with Crippen molar-refractivity contribution in [2.45, 2.75) is 33.1 Å². The van der Waals surface area contributed by atoms with Crippen LogP contribution in [0.3, 0.4) is 0 Å². The third kappa shape index (κ3) is 14.5. The molecule has 0 aromatic heterocycles. The van der Waals surface area contributed by atoms with Crippen molar-refractivity contribution in [3.63, 3.8) is 0 Å². The molecular formula is C13H25NO7. The van der Waals surface area contributed by atoms with Gasteiger partial charge in [-0.3, -0.25) is 4.89 Å². The first kappa shape index (κ1) is 21.6. The Kier molecular flexibility index (Phi) is 13.7. The second-order valence-electron chi connectivity index (χ2n) is 4.58. The molecule has 0 rings (SSSR count). The minimum atomic E-state index is -1.82. The predicted octanol–water partition coefficient (Wildman–Crippen LogP) is 1.00. The summed E-state index contributed by atoms with van der Waals surface area (Å²) in [5, 5.41) is 14.8. The third-order valence-corrected chi connectivity index (χ3v) is 2.17. The maximum atomic E-state index is 11.6. The molecule has 124 valence electrons. The highest BCUT2D eigenvalue weighted by Gasteiger charge is 2.20. The fourth-order valence-corrected chi connectivity index (χ4v) is 1.32. The normalized spacial score (nSPS) is 11.3. The molecule has 2 N–H and O–H groups in total. The van der Waals surface area contributed by atoms with Crippen LogP contribution in [0.1, 0.15) is 33.1 Å². The molecule has 0 aromatic rings. The van der Waals surface area contributed by atoms with Crippen LogP contribution in [0, 0.1) is 5.92 Å². The van der Waals surface area contributed by atoms with E-state index in [1.165, 1.54) is 0 Å². The fraction of sp³-hybridized carbons (Fsp3) is 0.769. The van der Waals surface area contributed by atoms with Gasteiger partial charge in [0.1, 0.15) is 0 Å². The van der Waals surface area contributed by atoms with E-state index in [-0.39, 0.29) is 11.9 Å². The summed E-state index contributed by atoms with van der Waals surface area (Å²) < 4.78 is 0. The van der Waals surface area contributed by atoms with Gasteiger partial charge in [-0.25, -0.2) is 14.4 Å². The number of rotatable bonds is 8. The number of carboxylic acid groups (broad SMARTS) is 2. The maximum absolute atomic E-state index is 11.6. The number of carboxylic acids is 2. The Morgan fingerprint density at radius 2 is 1.57 bits per heavy atom. The summed E-state index contributed by atoms with van der Waals surface area (Å²) in [6.45, 7) is 5.20. The zero-order valence-corrected chi connectivity index (χ0v) is 13.0. The van der Waals surface area contributed by atoms with Gasteiger partial charge in [0.25, 0.3) is 0 Å². The summed E-state index contributed by atoms with van der Waals surface area (Å²) in [6, 6.07) is 0. The molecule has 1 unspecified atom stereocenters. The van der Waals surface area contributed by atoms with E-state index in [0.717, 1.165) is 19.3 Å². The van der Waals surface area contributed by atoms with Gasteiger partial charge in [-0.1, -0.05) is 20.3 Å². The first-order valence-corrected chi connectivity index (χ1v) is 6.70. The van der Waals surface area contributed by atoms with Crippen LogP contribution in [-0.4, -0.2) is 60.3 Å². The molecule has 1 atom stereocenters. The van der Waals surface area contributed by atoms with E-state index in [1.54, 1.807) is 0 Å². The number of hydrogen-bond acceptors (Lipinski definition) is 6. The van der Waals surface area contributed by atoms with Crippen molar-refractivity contribution in [1.29, 1.82) is 0 Å². The molecule has 8 heteroatoms. The minimum absolute atomic E-state index is 0.0816. The predicted molar refractivity (Wildman–Crippen MR) is 74.6 cm³/mol. The lowest BCUT2D eigenvalue weighted by atomic mass is 10.0. The van der Waals surface area contributed by atoms with Gasteiger partial charge in [0.05, 0.1) is 12.5 Å². The summed E-state index contributed by atoms with van der Waals surface area (Å²) in [6.07, 6.45) is 2.66. The van der Waals surface area contributed by atoms with Crippen molar-refractivity contribution in [2.24, 2.45) is 5.92 Å². The van der Waals surface area contributed by atoms with E-state index in [9.17, 15) is 4.79 Å². The molecule has 0 aliphatic carbocycles. The molecule has 21 heavy (non-hydrogen) atoms. The number of nitrogens with zero attached hydrogens (tertiary/aromatic N) is 1. The third-order valence-electron chi connectivity index (χ3n) is 2.17. The van der Waals surface area contributed by atoms with Crippen LogP contribution in [0.25, 0.3) is 0 Å². The van der Waals surface area contributed by atoms with Crippen molar-refractivity contribution in [3.05, 3.63) is 0 Å². The van der Waals surface area contributed by atoms with E-state index in [0.29, 0.717) is 13.2 Å². The van der Waals surface area contributed by atoms with Crippen LogP contribution < -0.4 is 0 Å². The monoisotopic (exact) mass is 307 g/mol. The van der Waals surface area contributed by atoms with Gasteiger partial charge >= 0.3 is 17.9 Å². The standard InChI is InChI=1S/C11H23NO3.C2H2O4/c1-5-7-10(9-12(3)4)11(13)15-14-8-6-2;3-1(4)2(5)6/h10H,5-9H2,1-4H3;(H,3,4)(H,5,6). The zero-order valence-electron chi connectivity index (χ0n) is 13.0. The quantitative estimate of drug-likeness (QED) is 0.295. The Labute approximate surface area is 124 Å². The number of hydrogen-bond donors (Lipinski definition) is 2. The van der Waals surface area contributed by atoms with Gasteiger partial charge in [0.15, 0.2) is 0 Å². The smallest absolute Gasteiger partial charge is 0.414 e.